The second-order valence-corrected chi connectivity index (χ2v) is 23.6. The molecule has 0 saturated carbocycles. The fourth-order valence-corrected chi connectivity index (χ4v) is 10.9. The Labute approximate surface area is 465 Å². The van der Waals surface area contributed by atoms with Crippen molar-refractivity contribution in [2.45, 2.75) is 398 Å². The lowest BCUT2D eigenvalue weighted by Crippen LogP contribution is -2.45. The summed E-state index contributed by atoms with van der Waals surface area (Å²) < 4.78 is 0. The van der Waals surface area contributed by atoms with E-state index in [0.717, 1.165) is 38.5 Å². The Bertz CT molecular complexity index is 1130. The molecule has 0 saturated heterocycles. The topological polar surface area (TPSA) is 69.6 Å². The molecule has 2 unspecified atom stereocenters. The predicted molar refractivity (Wildman–Crippen MR) is 332 cm³/mol. The van der Waals surface area contributed by atoms with Gasteiger partial charge in [-0.3, -0.25) is 4.79 Å². The molecule has 0 aliphatic rings. The number of rotatable bonds is 64. The molecular weight excluding hydrogens is 903 g/mol. The Kier molecular flexibility index (Phi) is 64.7. The van der Waals surface area contributed by atoms with Crippen molar-refractivity contribution in [1.29, 1.82) is 0 Å². The van der Waals surface area contributed by atoms with Crippen molar-refractivity contribution in [2.24, 2.45) is 0 Å². The molecule has 74 heavy (non-hydrogen) atoms. The third-order valence-electron chi connectivity index (χ3n) is 16.1. The molecule has 0 fully saturated rings. The van der Waals surface area contributed by atoms with E-state index in [2.05, 4.69) is 43.5 Å². The van der Waals surface area contributed by atoms with Gasteiger partial charge in [-0.15, -0.1) is 0 Å². The summed E-state index contributed by atoms with van der Waals surface area (Å²) in [6, 6.07) is -0.645. The minimum Gasteiger partial charge on any atom is -0.394 e. The van der Waals surface area contributed by atoms with E-state index in [4.69, 9.17) is 0 Å². The van der Waals surface area contributed by atoms with Crippen LogP contribution in [0.2, 0.25) is 0 Å². The number of aliphatic hydroxyl groups is 2. The molecule has 0 heterocycles. The summed E-state index contributed by atoms with van der Waals surface area (Å²) in [5, 5.41) is 23.2. The molecule has 0 aromatic rings. The van der Waals surface area contributed by atoms with Crippen molar-refractivity contribution in [1.82, 2.24) is 5.32 Å². The van der Waals surface area contributed by atoms with Gasteiger partial charge in [0.1, 0.15) is 0 Å². The third-order valence-corrected chi connectivity index (χ3v) is 16.1. The van der Waals surface area contributed by atoms with Crippen molar-refractivity contribution in [3.63, 3.8) is 0 Å². The Hall–Kier alpha value is -1.39. The van der Waals surface area contributed by atoms with E-state index in [1.54, 1.807) is 6.08 Å². The van der Waals surface area contributed by atoms with Gasteiger partial charge in [0.15, 0.2) is 0 Å². The number of nitrogens with one attached hydrogen (secondary N) is 1. The van der Waals surface area contributed by atoms with Gasteiger partial charge in [0.2, 0.25) is 5.91 Å². The lowest BCUT2D eigenvalue weighted by molar-refractivity contribution is -0.123. The summed E-state index contributed by atoms with van der Waals surface area (Å²) in [6.45, 7) is 4.34. The van der Waals surface area contributed by atoms with E-state index < -0.39 is 12.1 Å². The fourth-order valence-electron chi connectivity index (χ4n) is 10.9. The molecule has 1 amide bonds. The van der Waals surface area contributed by atoms with Crippen molar-refractivity contribution in [3.8, 4) is 0 Å². The van der Waals surface area contributed by atoms with E-state index >= 15 is 0 Å². The minimum atomic E-state index is -0.870. The molecule has 0 spiro atoms. The van der Waals surface area contributed by atoms with Gasteiger partial charge in [-0.1, -0.05) is 371 Å². The van der Waals surface area contributed by atoms with Gasteiger partial charge in [-0.2, -0.15) is 0 Å². The lowest BCUT2D eigenvalue weighted by atomic mass is 10.0. The number of amides is 1. The van der Waals surface area contributed by atoms with Crippen LogP contribution in [0.5, 0.6) is 0 Å². The zero-order valence-corrected chi connectivity index (χ0v) is 50.6. The van der Waals surface area contributed by atoms with Gasteiger partial charge >= 0.3 is 0 Å². The number of hydrogen-bond acceptors (Lipinski definition) is 3. The van der Waals surface area contributed by atoms with Crippen LogP contribution in [0.4, 0.5) is 0 Å². The number of unbranched alkanes of at least 4 members (excludes halogenated alkanes) is 53. The van der Waals surface area contributed by atoms with Gasteiger partial charge < -0.3 is 15.5 Å². The van der Waals surface area contributed by atoms with Crippen LogP contribution in [0, 0.1) is 0 Å². The van der Waals surface area contributed by atoms with Crippen molar-refractivity contribution < 1.29 is 15.0 Å². The average Bonchev–Trinajstić information content (AvgIpc) is 3.40. The molecular formula is C70H135NO3. The molecule has 4 heteroatoms. The first kappa shape index (κ1) is 72.6. The number of aliphatic hydroxyl groups excluding tert-OH is 2. The smallest absolute Gasteiger partial charge is 0.220 e. The van der Waals surface area contributed by atoms with Crippen LogP contribution in [-0.4, -0.2) is 34.9 Å². The predicted octanol–water partition coefficient (Wildman–Crippen LogP) is 23.2. The van der Waals surface area contributed by atoms with Crippen LogP contribution in [0.3, 0.4) is 0 Å². The number of hydrogen-bond donors (Lipinski definition) is 3. The molecule has 0 aromatic carbocycles. The van der Waals surface area contributed by atoms with Gasteiger partial charge in [-0.25, -0.2) is 0 Å². The molecule has 0 radical (unpaired) electrons. The number of carbonyl (C=O) groups excluding carboxylic acids is 1. The number of carbonyl (C=O) groups is 1. The highest BCUT2D eigenvalue weighted by Gasteiger charge is 2.18. The van der Waals surface area contributed by atoms with Gasteiger partial charge in [0.05, 0.1) is 18.8 Å². The van der Waals surface area contributed by atoms with Crippen LogP contribution < -0.4 is 5.32 Å². The van der Waals surface area contributed by atoms with Crippen molar-refractivity contribution in [2.75, 3.05) is 6.61 Å². The Morgan fingerprint density at radius 2 is 0.527 bits per heavy atom. The molecule has 3 N–H and O–H groups in total. The highest BCUT2D eigenvalue weighted by Crippen LogP contribution is 2.19. The van der Waals surface area contributed by atoms with E-state index in [-0.39, 0.29) is 12.5 Å². The molecule has 0 bridgehead atoms. The third kappa shape index (κ3) is 61.5. The lowest BCUT2D eigenvalue weighted by Gasteiger charge is -2.19. The zero-order chi connectivity index (χ0) is 53.4. The largest absolute Gasteiger partial charge is 0.394 e. The van der Waals surface area contributed by atoms with Crippen LogP contribution >= 0.6 is 0 Å². The molecule has 4 nitrogen and oxygen atoms in total. The van der Waals surface area contributed by atoms with E-state index in [9.17, 15) is 15.0 Å². The molecule has 0 aliphatic carbocycles. The van der Waals surface area contributed by atoms with Gasteiger partial charge in [0, 0.05) is 6.42 Å². The highest BCUT2D eigenvalue weighted by atomic mass is 16.3. The molecule has 2 atom stereocenters. The second kappa shape index (κ2) is 65.9. The first-order valence-electron chi connectivity index (χ1n) is 34.2. The Morgan fingerprint density at radius 1 is 0.311 bits per heavy atom. The minimum absolute atomic E-state index is 0.0697. The van der Waals surface area contributed by atoms with Crippen LogP contribution in [0.25, 0.3) is 0 Å². The maximum absolute atomic E-state index is 12.5. The summed E-state index contributed by atoms with van der Waals surface area (Å²) in [4.78, 5) is 12.5. The standard InChI is InChI=1S/C70H135NO3/c1-3-5-7-9-11-13-15-17-19-21-23-25-27-29-31-32-33-34-35-36-37-38-40-42-44-46-48-50-52-54-56-58-60-62-64-66-70(74)71-68(67-72)69(73)65-63-61-59-57-55-53-51-49-47-45-43-41-39-30-28-26-24-22-20-18-16-14-12-10-8-6-4-2/h47,49,55,57,63,65,68-69,72-73H,3-46,48,50-54,56,58-62,64,66-67H2,1-2H3,(H,71,74)/b49-47+,57-55+,65-63+. The summed E-state index contributed by atoms with van der Waals surface area (Å²) in [7, 11) is 0. The quantitative estimate of drug-likeness (QED) is 0.0420. The number of allylic oxidation sites excluding steroid dienone is 5. The van der Waals surface area contributed by atoms with Gasteiger partial charge in [-0.05, 0) is 44.9 Å². The van der Waals surface area contributed by atoms with E-state index in [1.807, 2.05) is 6.08 Å². The van der Waals surface area contributed by atoms with E-state index in [1.165, 1.54) is 327 Å². The SMILES string of the molecule is CCCCCCCCCCCCCCCCCCC/C=C/CC/C=C/CC/C=C/C(O)C(CO)NC(=O)CCCCCCCCCCCCCCCCCCCCCCCCCCCCCCCCCCCCC. The summed E-state index contributed by atoms with van der Waals surface area (Å²) >= 11 is 0. The van der Waals surface area contributed by atoms with Crippen molar-refractivity contribution >= 4 is 5.91 Å². The molecule has 0 aliphatic heterocycles. The Morgan fingerprint density at radius 3 is 0.784 bits per heavy atom. The molecule has 0 aromatic heterocycles. The second-order valence-electron chi connectivity index (χ2n) is 23.6. The normalized spacial score (nSPS) is 12.9. The van der Waals surface area contributed by atoms with E-state index in [0.29, 0.717) is 6.42 Å². The summed E-state index contributed by atoms with van der Waals surface area (Å²) in [6.07, 6.45) is 90.9. The molecule has 0 rings (SSSR count). The van der Waals surface area contributed by atoms with Crippen LogP contribution in [0.1, 0.15) is 386 Å². The fraction of sp³-hybridized carbons (Fsp3) is 0.900. The monoisotopic (exact) mass is 1040 g/mol. The maximum atomic E-state index is 12.5. The summed E-state index contributed by atoms with van der Waals surface area (Å²) in [5.74, 6) is -0.0697. The van der Waals surface area contributed by atoms with Crippen LogP contribution in [0.15, 0.2) is 36.5 Å². The van der Waals surface area contributed by atoms with Crippen LogP contribution in [-0.2, 0) is 4.79 Å². The first-order valence-corrected chi connectivity index (χ1v) is 34.2. The summed E-state index contributed by atoms with van der Waals surface area (Å²) in [5.41, 5.74) is 0. The highest BCUT2D eigenvalue weighted by molar-refractivity contribution is 5.76. The average molecular weight is 1040 g/mol. The zero-order valence-electron chi connectivity index (χ0n) is 50.6. The molecule has 438 valence electrons. The Balaban J connectivity index is 3.45. The van der Waals surface area contributed by atoms with Gasteiger partial charge in [0.25, 0.3) is 0 Å². The maximum Gasteiger partial charge on any atom is 0.220 e. The van der Waals surface area contributed by atoms with Crippen molar-refractivity contribution in [3.05, 3.63) is 36.5 Å². The first-order chi connectivity index (χ1) is 36.7.